The Morgan fingerprint density at radius 3 is 2.39 bits per heavy atom. The molecule has 170 valence electrons. The number of benzene rings is 2. The van der Waals surface area contributed by atoms with Gasteiger partial charge in [-0.3, -0.25) is 10.2 Å². The number of halogens is 3. The molecular weight excluding hydrogens is 405 g/mol. The fourth-order valence-corrected chi connectivity index (χ4v) is 4.10. The highest BCUT2D eigenvalue weighted by atomic mass is 19.4. The van der Waals surface area contributed by atoms with Gasteiger partial charge in [0.1, 0.15) is 5.75 Å². The normalized spacial score (nSPS) is 17.7. The number of nitrogens with one attached hydrogen (secondary N) is 1. The monoisotopic (exact) mass is 436 g/mol. The van der Waals surface area contributed by atoms with Crippen LogP contribution in [0.4, 0.5) is 13.2 Å². The van der Waals surface area contributed by atoms with Crippen molar-refractivity contribution in [2.24, 2.45) is 0 Å². The van der Waals surface area contributed by atoms with Gasteiger partial charge in [0.15, 0.2) is 6.04 Å². The average molecular weight is 437 g/mol. The molecule has 4 nitrogen and oxygen atoms in total. The van der Waals surface area contributed by atoms with Crippen LogP contribution in [0.5, 0.6) is 5.75 Å². The molecule has 0 aliphatic carbocycles. The molecule has 1 atom stereocenters. The number of rotatable bonds is 9. The van der Waals surface area contributed by atoms with Crippen LogP contribution in [-0.2, 0) is 4.79 Å². The van der Waals surface area contributed by atoms with Gasteiger partial charge in [-0.1, -0.05) is 50.8 Å². The molecule has 1 amide bonds. The Morgan fingerprint density at radius 2 is 1.74 bits per heavy atom. The van der Waals surface area contributed by atoms with Gasteiger partial charge >= 0.3 is 6.18 Å². The summed E-state index contributed by atoms with van der Waals surface area (Å²) in [6.07, 6.45) is 1.24. The largest absolute Gasteiger partial charge is 0.494 e. The van der Waals surface area contributed by atoms with E-state index in [1.165, 1.54) is 25.3 Å². The van der Waals surface area contributed by atoms with E-state index in [2.05, 4.69) is 12.3 Å². The van der Waals surface area contributed by atoms with Crippen molar-refractivity contribution in [3.05, 3.63) is 42.0 Å². The zero-order valence-electron chi connectivity index (χ0n) is 18.4. The average Bonchev–Trinajstić information content (AvgIpc) is 2.95. The molecule has 31 heavy (non-hydrogen) atoms. The summed E-state index contributed by atoms with van der Waals surface area (Å²) < 4.78 is 47.9. The number of alkyl halides is 3. The second-order valence-electron chi connectivity index (χ2n) is 8.87. The summed E-state index contributed by atoms with van der Waals surface area (Å²) in [6, 6.07) is 8.22. The molecule has 0 aromatic heterocycles. The van der Waals surface area contributed by atoms with E-state index in [0.717, 1.165) is 29.0 Å². The van der Waals surface area contributed by atoms with Crippen molar-refractivity contribution in [3.8, 4) is 5.75 Å². The van der Waals surface area contributed by atoms with Gasteiger partial charge < -0.3 is 4.74 Å². The van der Waals surface area contributed by atoms with Crippen molar-refractivity contribution in [2.45, 2.75) is 77.1 Å². The van der Waals surface area contributed by atoms with Crippen LogP contribution in [0.3, 0.4) is 0 Å². The first kappa shape index (κ1) is 23.4. The van der Waals surface area contributed by atoms with Crippen molar-refractivity contribution in [2.75, 3.05) is 6.61 Å². The third kappa shape index (κ3) is 5.70. The van der Waals surface area contributed by atoms with E-state index in [1.54, 1.807) is 38.1 Å². The third-order valence-corrected chi connectivity index (χ3v) is 5.73. The van der Waals surface area contributed by atoms with Gasteiger partial charge in [0.2, 0.25) is 5.91 Å². The molecule has 1 N–H and O–H groups in total. The Hall–Kier alpha value is -2.28. The van der Waals surface area contributed by atoms with Gasteiger partial charge in [-0.05, 0) is 54.8 Å². The van der Waals surface area contributed by atoms with Crippen LogP contribution in [0.2, 0.25) is 0 Å². The van der Waals surface area contributed by atoms with E-state index >= 15 is 0 Å². The van der Waals surface area contributed by atoms with Crippen molar-refractivity contribution >= 4 is 16.7 Å². The molecule has 1 fully saturated rings. The molecule has 0 bridgehead atoms. The van der Waals surface area contributed by atoms with Crippen LogP contribution in [-0.4, -0.2) is 29.2 Å². The number of hydrogen-bond acceptors (Lipinski definition) is 3. The highest BCUT2D eigenvalue weighted by Crippen LogP contribution is 2.43. The quantitative estimate of drug-likeness (QED) is 0.469. The highest BCUT2D eigenvalue weighted by Gasteiger charge is 2.52. The first-order chi connectivity index (χ1) is 14.6. The highest BCUT2D eigenvalue weighted by molar-refractivity contribution is 5.85. The lowest BCUT2D eigenvalue weighted by molar-refractivity contribution is -0.203. The number of nitrogens with zero attached hydrogens (tertiary/aromatic N) is 1. The molecule has 1 heterocycles. The Morgan fingerprint density at radius 1 is 1.06 bits per heavy atom. The number of unbranched alkanes of at least 4 members (excludes halogenated alkanes) is 4. The molecule has 7 heteroatoms. The molecule has 1 aliphatic heterocycles. The van der Waals surface area contributed by atoms with Gasteiger partial charge in [0.25, 0.3) is 0 Å². The van der Waals surface area contributed by atoms with E-state index in [9.17, 15) is 18.0 Å². The van der Waals surface area contributed by atoms with Crippen LogP contribution in [0.25, 0.3) is 10.8 Å². The van der Waals surface area contributed by atoms with Crippen LogP contribution in [0.15, 0.2) is 36.4 Å². The van der Waals surface area contributed by atoms with E-state index in [4.69, 9.17) is 4.74 Å². The number of hydrazine groups is 1. The molecule has 1 saturated heterocycles. The summed E-state index contributed by atoms with van der Waals surface area (Å²) in [5.41, 5.74) is 1.56. The lowest BCUT2D eigenvalue weighted by atomic mass is 9.95. The van der Waals surface area contributed by atoms with Gasteiger partial charge in [0.05, 0.1) is 6.61 Å². The van der Waals surface area contributed by atoms with Crippen LogP contribution >= 0.6 is 0 Å². The minimum absolute atomic E-state index is 0.0201. The molecule has 1 aliphatic rings. The smallest absolute Gasteiger partial charge is 0.409 e. The predicted octanol–water partition coefficient (Wildman–Crippen LogP) is 6.31. The Balaban J connectivity index is 1.78. The summed E-state index contributed by atoms with van der Waals surface area (Å²) >= 11 is 0. The van der Waals surface area contributed by atoms with E-state index < -0.39 is 23.7 Å². The Bertz CT molecular complexity index is 911. The first-order valence-electron chi connectivity index (χ1n) is 10.9. The number of carbonyl (C=O) groups is 1. The molecule has 3 rings (SSSR count). The second-order valence-corrected chi connectivity index (χ2v) is 8.87. The summed E-state index contributed by atoms with van der Waals surface area (Å²) in [5, 5.41) is 2.55. The van der Waals surface area contributed by atoms with E-state index in [-0.39, 0.29) is 12.0 Å². The maximum atomic E-state index is 14.0. The van der Waals surface area contributed by atoms with Crippen molar-refractivity contribution < 1.29 is 22.7 Å². The number of ether oxygens (including phenoxy) is 1. The van der Waals surface area contributed by atoms with Crippen LogP contribution in [0.1, 0.15) is 70.9 Å². The molecule has 0 radical (unpaired) electrons. The van der Waals surface area contributed by atoms with Gasteiger partial charge in [-0.25, -0.2) is 0 Å². The fourth-order valence-electron chi connectivity index (χ4n) is 4.10. The summed E-state index contributed by atoms with van der Waals surface area (Å²) in [4.78, 5) is 11.8. The first-order valence-corrected chi connectivity index (χ1v) is 10.9. The summed E-state index contributed by atoms with van der Waals surface area (Å²) in [5.74, 6) is 0.313. The Labute approximate surface area is 181 Å². The fraction of sp³-hybridized carbons (Fsp3) is 0.542. The molecule has 0 unspecified atom stereocenters. The van der Waals surface area contributed by atoms with E-state index in [0.29, 0.717) is 12.0 Å². The zero-order chi connectivity index (χ0) is 22.6. The minimum atomic E-state index is -4.54. The SMILES string of the molecule is CCCCCCCOc1ccc2cc([C@H](N3NC(=O)CC3(C)C)C(F)(F)F)ccc2c1. The third-order valence-electron chi connectivity index (χ3n) is 5.73. The minimum Gasteiger partial charge on any atom is -0.494 e. The van der Waals surface area contributed by atoms with Gasteiger partial charge in [-0.2, -0.15) is 18.2 Å². The topological polar surface area (TPSA) is 41.6 Å². The standard InChI is InChI=1S/C24H31F3N2O2/c1-4-5-6-7-8-13-31-20-12-11-17-14-19(10-9-18(17)15-20)22(24(25,26)27)29-23(2,3)16-21(30)28-29/h9-12,14-15,22H,4-8,13,16H2,1-3H3,(H,28,30)/t22-/m0/s1. The second kappa shape index (κ2) is 9.47. The molecule has 2 aromatic rings. The summed E-state index contributed by atoms with van der Waals surface area (Å²) in [6.45, 7) is 6.08. The maximum absolute atomic E-state index is 14.0. The Kier molecular flexibility index (Phi) is 7.14. The van der Waals surface area contributed by atoms with E-state index in [1.807, 2.05) is 6.07 Å². The molecule has 0 saturated carbocycles. The van der Waals surface area contributed by atoms with Crippen molar-refractivity contribution in [1.29, 1.82) is 0 Å². The molecular formula is C24H31F3N2O2. The number of carbonyl (C=O) groups excluding carboxylic acids is 1. The maximum Gasteiger partial charge on any atom is 0.409 e. The lowest BCUT2D eigenvalue weighted by Crippen LogP contribution is -2.51. The number of hydrogen-bond donors (Lipinski definition) is 1. The number of amides is 1. The van der Waals surface area contributed by atoms with Crippen molar-refractivity contribution in [3.63, 3.8) is 0 Å². The van der Waals surface area contributed by atoms with Crippen LogP contribution < -0.4 is 10.2 Å². The molecule has 2 aromatic carbocycles. The van der Waals surface area contributed by atoms with Crippen molar-refractivity contribution in [1.82, 2.24) is 10.4 Å². The van der Waals surface area contributed by atoms with Crippen LogP contribution in [0, 0.1) is 0 Å². The lowest BCUT2D eigenvalue weighted by Gasteiger charge is -2.38. The zero-order valence-corrected chi connectivity index (χ0v) is 18.4. The molecule has 0 spiro atoms. The van der Waals surface area contributed by atoms with Gasteiger partial charge in [0, 0.05) is 12.0 Å². The van der Waals surface area contributed by atoms with Gasteiger partial charge in [-0.15, -0.1) is 0 Å². The number of fused-ring (bicyclic) bond motifs is 1. The predicted molar refractivity (Wildman–Crippen MR) is 116 cm³/mol. The summed E-state index contributed by atoms with van der Waals surface area (Å²) in [7, 11) is 0.